The van der Waals surface area contributed by atoms with Gasteiger partial charge in [0.2, 0.25) is 10.0 Å². The highest BCUT2D eigenvalue weighted by atomic mass is 32.2. The fourth-order valence-electron chi connectivity index (χ4n) is 5.45. The molecule has 1 amide bonds. The maximum Gasteiger partial charge on any atom is 0.265 e. The molecule has 1 fully saturated rings. The van der Waals surface area contributed by atoms with Crippen molar-refractivity contribution in [2.75, 3.05) is 32.3 Å². The van der Waals surface area contributed by atoms with Crippen LogP contribution in [0.2, 0.25) is 0 Å². The molecule has 0 unspecified atom stereocenters. The number of methoxy groups -OCH3 is 1. The number of nitrogen functional groups attached to an aromatic ring is 1. The number of nitrogens with two attached hydrogens (primary N) is 1. The Morgan fingerprint density at radius 3 is 2.48 bits per heavy atom. The number of rotatable bonds is 10. The number of amides is 1. The molecule has 3 aromatic heterocycles. The van der Waals surface area contributed by atoms with Gasteiger partial charge in [0, 0.05) is 30.4 Å². The SMILES string of the molecule is COCCO[C@]1(C(=O)NS(C)(=O)=O)CC[C@@H](c2nc3c(-c4cnn(-c5ccccc5)c4)cnn3c(N)c2C(C)=O)CC1. The van der Waals surface area contributed by atoms with E-state index in [-0.39, 0.29) is 49.1 Å². The second kappa shape index (κ2) is 11.6. The van der Waals surface area contributed by atoms with Crippen LogP contribution in [0.15, 0.2) is 48.9 Å². The fraction of sp³-hybridized carbons (Fsp3) is 0.393. The van der Waals surface area contributed by atoms with Crippen LogP contribution < -0.4 is 10.5 Å². The molecule has 0 atom stereocenters. The third kappa shape index (κ3) is 5.78. The zero-order valence-corrected chi connectivity index (χ0v) is 24.4. The Labute approximate surface area is 243 Å². The fourth-order valence-corrected chi connectivity index (χ4v) is 5.98. The number of ketones is 1. The lowest BCUT2D eigenvalue weighted by atomic mass is 9.76. The zero-order chi connectivity index (χ0) is 30.1. The van der Waals surface area contributed by atoms with Gasteiger partial charge < -0.3 is 15.2 Å². The van der Waals surface area contributed by atoms with Gasteiger partial charge in [-0.05, 0) is 44.7 Å². The molecular weight excluding hydrogens is 562 g/mol. The first-order valence-electron chi connectivity index (χ1n) is 13.5. The van der Waals surface area contributed by atoms with E-state index in [9.17, 15) is 18.0 Å². The first-order valence-corrected chi connectivity index (χ1v) is 15.4. The van der Waals surface area contributed by atoms with E-state index >= 15 is 0 Å². The second-order valence-electron chi connectivity index (χ2n) is 10.4. The van der Waals surface area contributed by atoms with Gasteiger partial charge in [-0.1, -0.05) is 18.2 Å². The summed E-state index contributed by atoms with van der Waals surface area (Å²) >= 11 is 0. The minimum absolute atomic E-state index is 0.115. The third-order valence-electron chi connectivity index (χ3n) is 7.51. The number of Topliss-reactive ketones (excluding diaryl/α,β-unsaturated/α-hetero) is 1. The molecule has 1 aliphatic rings. The zero-order valence-electron chi connectivity index (χ0n) is 23.6. The Hall–Kier alpha value is -4.14. The lowest BCUT2D eigenvalue weighted by molar-refractivity contribution is -0.152. The van der Waals surface area contributed by atoms with Crippen molar-refractivity contribution in [2.24, 2.45) is 0 Å². The van der Waals surface area contributed by atoms with E-state index in [4.69, 9.17) is 20.2 Å². The highest BCUT2D eigenvalue weighted by molar-refractivity contribution is 7.89. The number of hydrogen-bond donors (Lipinski definition) is 2. The number of para-hydroxylation sites is 1. The molecule has 4 aromatic rings. The maximum atomic E-state index is 13.1. The number of carbonyl (C=O) groups is 2. The average Bonchev–Trinajstić information content (AvgIpc) is 3.60. The van der Waals surface area contributed by atoms with Crippen LogP contribution in [-0.2, 0) is 24.3 Å². The van der Waals surface area contributed by atoms with E-state index in [1.807, 2.05) is 36.5 Å². The van der Waals surface area contributed by atoms with Crippen molar-refractivity contribution in [3.05, 3.63) is 60.2 Å². The summed E-state index contributed by atoms with van der Waals surface area (Å²) in [6.07, 6.45) is 7.39. The molecule has 0 radical (unpaired) electrons. The van der Waals surface area contributed by atoms with Crippen LogP contribution in [0.25, 0.3) is 22.5 Å². The molecule has 1 aromatic carbocycles. The first kappa shape index (κ1) is 29.4. The van der Waals surface area contributed by atoms with Crippen LogP contribution in [0.3, 0.4) is 0 Å². The van der Waals surface area contributed by atoms with E-state index in [1.54, 1.807) is 17.1 Å². The van der Waals surface area contributed by atoms with E-state index in [1.165, 1.54) is 18.5 Å². The predicted molar refractivity (Wildman–Crippen MR) is 155 cm³/mol. The van der Waals surface area contributed by atoms with Crippen molar-refractivity contribution in [1.29, 1.82) is 0 Å². The summed E-state index contributed by atoms with van der Waals surface area (Å²) in [6, 6.07) is 9.67. The molecule has 0 spiro atoms. The average molecular weight is 596 g/mol. The van der Waals surface area contributed by atoms with Gasteiger partial charge in [-0.3, -0.25) is 14.3 Å². The van der Waals surface area contributed by atoms with Gasteiger partial charge in [0.15, 0.2) is 11.4 Å². The smallest absolute Gasteiger partial charge is 0.265 e. The standard InChI is InChI=1S/C28H33N7O6S/c1-18(36)23-24(19-9-11-28(12-10-19,41-14-13-40-2)27(37)33-42(3,38)39)32-26-22(16-31-35(26)25(23)29)20-15-30-34(17-20)21-7-5-4-6-8-21/h4-8,15-17,19H,9-14,29H2,1-3H3,(H,33,37)/t19-,28-. The molecule has 1 aliphatic carbocycles. The summed E-state index contributed by atoms with van der Waals surface area (Å²) < 4.78 is 40.0. The monoisotopic (exact) mass is 595 g/mol. The molecule has 3 N–H and O–H groups in total. The Balaban J connectivity index is 1.50. The molecule has 0 saturated heterocycles. The number of anilines is 1. The van der Waals surface area contributed by atoms with Crippen molar-refractivity contribution in [2.45, 2.75) is 44.1 Å². The molecule has 0 aliphatic heterocycles. The molecule has 42 heavy (non-hydrogen) atoms. The van der Waals surface area contributed by atoms with Crippen molar-refractivity contribution < 1.29 is 27.5 Å². The van der Waals surface area contributed by atoms with Gasteiger partial charge >= 0.3 is 0 Å². The highest BCUT2D eigenvalue weighted by Gasteiger charge is 2.45. The predicted octanol–water partition coefficient (Wildman–Crippen LogP) is 2.50. The minimum Gasteiger partial charge on any atom is -0.383 e. The number of benzene rings is 1. The Kier molecular flexibility index (Phi) is 8.12. The van der Waals surface area contributed by atoms with Crippen LogP contribution >= 0.6 is 0 Å². The van der Waals surface area contributed by atoms with E-state index in [2.05, 4.69) is 14.9 Å². The maximum absolute atomic E-state index is 13.1. The van der Waals surface area contributed by atoms with Crippen LogP contribution in [0.5, 0.6) is 0 Å². The normalized spacial score (nSPS) is 19.2. The summed E-state index contributed by atoms with van der Waals surface area (Å²) in [4.78, 5) is 30.8. The number of nitrogens with one attached hydrogen (secondary N) is 1. The highest BCUT2D eigenvalue weighted by Crippen LogP contribution is 2.42. The first-order chi connectivity index (χ1) is 20.0. The van der Waals surface area contributed by atoms with Crippen LogP contribution in [0.1, 0.15) is 54.6 Å². The summed E-state index contributed by atoms with van der Waals surface area (Å²) in [6.45, 7) is 1.78. The summed E-state index contributed by atoms with van der Waals surface area (Å²) in [5.74, 6) is -1.04. The van der Waals surface area contributed by atoms with Gasteiger partial charge in [0.25, 0.3) is 5.91 Å². The van der Waals surface area contributed by atoms with Crippen molar-refractivity contribution in [3.8, 4) is 16.8 Å². The van der Waals surface area contributed by atoms with Gasteiger partial charge in [0.1, 0.15) is 11.4 Å². The van der Waals surface area contributed by atoms with E-state index in [0.29, 0.717) is 29.7 Å². The quantitative estimate of drug-likeness (QED) is 0.205. The molecule has 1 saturated carbocycles. The Morgan fingerprint density at radius 1 is 1.12 bits per heavy atom. The van der Waals surface area contributed by atoms with Gasteiger partial charge in [0.05, 0.1) is 48.8 Å². The molecule has 5 rings (SSSR count). The number of sulfonamides is 1. The number of aromatic nitrogens is 5. The van der Waals surface area contributed by atoms with Gasteiger partial charge in [-0.15, -0.1) is 0 Å². The number of nitrogens with zero attached hydrogens (tertiary/aromatic N) is 5. The number of fused-ring (bicyclic) bond motifs is 1. The lowest BCUT2D eigenvalue weighted by Crippen LogP contribution is -2.52. The van der Waals surface area contributed by atoms with E-state index in [0.717, 1.165) is 17.5 Å². The number of ether oxygens (including phenoxy) is 2. The van der Waals surface area contributed by atoms with Crippen LogP contribution in [0.4, 0.5) is 5.82 Å². The molecule has 3 heterocycles. The number of carbonyl (C=O) groups excluding carboxylic acids is 2. The third-order valence-corrected chi connectivity index (χ3v) is 8.07. The largest absolute Gasteiger partial charge is 0.383 e. The van der Waals surface area contributed by atoms with Crippen molar-refractivity contribution >= 4 is 33.2 Å². The van der Waals surface area contributed by atoms with Crippen molar-refractivity contribution in [1.82, 2.24) is 29.1 Å². The molecule has 222 valence electrons. The number of hydrogen-bond acceptors (Lipinski definition) is 10. The van der Waals surface area contributed by atoms with Gasteiger partial charge in [-0.2, -0.15) is 14.7 Å². The Morgan fingerprint density at radius 2 is 1.83 bits per heavy atom. The molecular formula is C28H33N7O6S. The lowest BCUT2D eigenvalue weighted by Gasteiger charge is -2.38. The van der Waals surface area contributed by atoms with Gasteiger partial charge in [-0.25, -0.2) is 18.1 Å². The molecule has 14 heteroatoms. The second-order valence-corrected chi connectivity index (χ2v) is 12.2. The molecule has 13 nitrogen and oxygen atoms in total. The summed E-state index contributed by atoms with van der Waals surface area (Å²) in [5, 5.41) is 8.91. The molecule has 0 bridgehead atoms. The summed E-state index contributed by atoms with van der Waals surface area (Å²) in [5.41, 5.74) is 8.78. The van der Waals surface area contributed by atoms with Crippen LogP contribution in [0, 0.1) is 0 Å². The summed E-state index contributed by atoms with van der Waals surface area (Å²) in [7, 11) is -2.29. The Bertz CT molecular complexity index is 1720. The van der Waals surface area contributed by atoms with Crippen molar-refractivity contribution in [3.63, 3.8) is 0 Å². The van der Waals surface area contributed by atoms with E-state index < -0.39 is 21.5 Å². The van der Waals surface area contributed by atoms with Crippen LogP contribution in [-0.4, -0.2) is 76.7 Å². The topological polar surface area (TPSA) is 173 Å². The minimum atomic E-state index is -3.80.